The molecule has 0 spiro atoms. The lowest BCUT2D eigenvalue weighted by atomic mass is 10.0. The van der Waals surface area contributed by atoms with E-state index in [4.69, 9.17) is 0 Å². The van der Waals surface area contributed by atoms with Crippen LogP contribution < -0.4 is 5.32 Å². The van der Waals surface area contributed by atoms with Gasteiger partial charge in [0, 0.05) is 12.0 Å². The number of rotatable bonds is 6. The molecule has 16 heavy (non-hydrogen) atoms. The molecule has 0 saturated carbocycles. The minimum atomic E-state index is -0.395. The molecule has 1 atom stereocenters. The first-order valence-electron chi connectivity index (χ1n) is 5.79. The summed E-state index contributed by atoms with van der Waals surface area (Å²) < 4.78 is 0. The van der Waals surface area contributed by atoms with Crippen molar-refractivity contribution in [1.82, 2.24) is 10.2 Å². The van der Waals surface area contributed by atoms with Crippen LogP contribution in [0.5, 0.6) is 0 Å². The number of nitrogens with zero attached hydrogens (tertiary/aromatic N) is 1. The fourth-order valence-corrected chi connectivity index (χ4v) is 1.27. The number of nitrogens with one attached hydrogen (secondary N) is 1. The van der Waals surface area contributed by atoms with Gasteiger partial charge in [0.05, 0.1) is 12.6 Å². The Bertz CT molecular complexity index is 249. The van der Waals surface area contributed by atoms with E-state index in [1.54, 1.807) is 6.92 Å². The normalized spacial score (nSPS) is 13.3. The van der Waals surface area contributed by atoms with Crippen LogP contribution >= 0.6 is 0 Å². The van der Waals surface area contributed by atoms with E-state index in [2.05, 4.69) is 5.32 Å². The van der Waals surface area contributed by atoms with Gasteiger partial charge in [-0.15, -0.1) is 0 Å². The molecule has 0 aromatic carbocycles. The fourth-order valence-electron chi connectivity index (χ4n) is 1.27. The molecule has 0 saturated heterocycles. The van der Waals surface area contributed by atoms with Gasteiger partial charge in [-0.1, -0.05) is 13.8 Å². The molecule has 1 amide bonds. The van der Waals surface area contributed by atoms with Crippen LogP contribution in [0, 0.1) is 5.92 Å². The van der Waals surface area contributed by atoms with Gasteiger partial charge in [0.2, 0.25) is 5.91 Å². The minimum Gasteiger partial charge on any atom is -0.345 e. The number of ketones is 1. The van der Waals surface area contributed by atoms with Crippen molar-refractivity contribution in [2.75, 3.05) is 13.6 Å². The third-order valence-electron chi connectivity index (χ3n) is 2.65. The largest absolute Gasteiger partial charge is 0.345 e. The third-order valence-corrected chi connectivity index (χ3v) is 2.65. The predicted molar refractivity (Wildman–Crippen MR) is 65.2 cm³/mol. The van der Waals surface area contributed by atoms with Gasteiger partial charge in [-0.25, -0.2) is 0 Å². The molecule has 4 nitrogen and oxygen atoms in total. The van der Waals surface area contributed by atoms with Crippen LogP contribution in [-0.2, 0) is 9.59 Å². The van der Waals surface area contributed by atoms with Crippen LogP contribution in [0.1, 0.15) is 34.6 Å². The van der Waals surface area contributed by atoms with Gasteiger partial charge in [-0.3, -0.25) is 14.5 Å². The van der Waals surface area contributed by atoms with Gasteiger partial charge < -0.3 is 5.32 Å². The van der Waals surface area contributed by atoms with Crippen molar-refractivity contribution in [2.24, 2.45) is 5.92 Å². The molecule has 0 bridgehead atoms. The van der Waals surface area contributed by atoms with Gasteiger partial charge in [-0.05, 0) is 27.8 Å². The van der Waals surface area contributed by atoms with Crippen LogP contribution in [0.15, 0.2) is 0 Å². The summed E-state index contributed by atoms with van der Waals surface area (Å²) in [5.41, 5.74) is 0. The molecule has 0 aromatic rings. The Morgan fingerprint density at radius 3 is 2.00 bits per heavy atom. The topological polar surface area (TPSA) is 49.4 Å². The smallest absolute Gasteiger partial charge is 0.234 e. The average Bonchev–Trinajstić information content (AvgIpc) is 2.15. The Balaban J connectivity index is 4.10. The summed E-state index contributed by atoms with van der Waals surface area (Å²) in [6, 6.07) is -0.0741. The quantitative estimate of drug-likeness (QED) is 0.739. The molecule has 0 aliphatic heterocycles. The monoisotopic (exact) mass is 228 g/mol. The molecular formula is C12H24N2O2. The molecule has 94 valence electrons. The molecule has 0 unspecified atom stereocenters. The summed E-state index contributed by atoms with van der Waals surface area (Å²) in [6.45, 7) is 9.78. The molecule has 0 aliphatic rings. The van der Waals surface area contributed by atoms with Crippen molar-refractivity contribution >= 4 is 11.7 Å². The number of amides is 1. The van der Waals surface area contributed by atoms with Crippen LogP contribution in [0.25, 0.3) is 0 Å². The van der Waals surface area contributed by atoms with Crippen molar-refractivity contribution < 1.29 is 9.59 Å². The van der Waals surface area contributed by atoms with E-state index in [-0.39, 0.29) is 17.6 Å². The zero-order chi connectivity index (χ0) is 12.9. The Morgan fingerprint density at radius 1 is 1.12 bits per heavy atom. The van der Waals surface area contributed by atoms with Crippen LogP contribution in [-0.4, -0.2) is 42.3 Å². The van der Waals surface area contributed by atoms with Crippen LogP contribution in [0.4, 0.5) is 0 Å². The lowest BCUT2D eigenvalue weighted by Crippen LogP contribution is -2.45. The van der Waals surface area contributed by atoms with Gasteiger partial charge in [-0.2, -0.15) is 0 Å². The van der Waals surface area contributed by atoms with E-state index >= 15 is 0 Å². The van der Waals surface area contributed by atoms with Gasteiger partial charge in [0.15, 0.2) is 5.78 Å². The second kappa shape index (κ2) is 6.63. The summed E-state index contributed by atoms with van der Waals surface area (Å²) in [5.74, 6) is -0.0728. The molecule has 4 heteroatoms. The van der Waals surface area contributed by atoms with E-state index in [9.17, 15) is 9.59 Å². The first-order chi connectivity index (χ1) is 7.25. The lowest BCUT2D eigenvalue weighted by Gasteiger charge is -2.22. The number of carbonyl (C=O) groups excluding carboxylic acids is 2. The molecule has 0 radical (unpaired) electrons. The number of hydrogen-bond acceptors (Lipinski definition) is 3. The summed E-state index contributed by atoms with van der Waals surface area (Å²) in [7, 11) is 1.89. The van der Waals surface area contributed by atoms with E-state index in [0.717, 1.165) is 0 Å². The number of Topliss-reactive ketones (excluding diaryl/α,β-unsaturated/α-hetero) is 1. The van der Waals surface area contributed by atoms with Gasteiger partial charge in [0.1, 0.15) is 0 Å². The van der Waals surface area contributed by atoms with Gasteiger partial charge >= 0.3 is 0 Å². The fraction of sp³-hybridized carbons (Fsp3) is 0.833. The van der Waals surface area contributed by atoms with Gasteiger partial charge in [0.25, 0.3) is 0 Å². The second-order valence-corrected chi connectivity index (χ2v) is 4.86. The Hall–Kier alpha value is -0.900. The van der Waals surface area contributed by atoms with Crippen molar-refractivity contribution in [3.05, 3.63) is 0 Å². The molecule has 0 aliphatic carbocycles. The van der Waals surface area contributed by atoms with E-state index < -0.39 is 6.04 Å². The van der Waals surface area contributed by atoms with Crippen molar-refractivity contribution in [3.8, 4) is 0 Å². The zero-order valence-corrected chi connectivity index (χ0v) is 11.2. The summed E-state index contributed by atoms with van der Waals surface area (Å²) in [4.78, 5) is 25.1. The maximum absolute atomic E-state index is 11.6. The SMILES string of the molecule is CC(C)C(=O)[C@H](C)NC(=O)CN(C)C(C)C. The zero-order valence-electron chi connectivity index (χ0n) is 11.2. The highest BCUT2D eigenvalue weighted by Crippen LogP contribution is 1.99. The molecule has 0 rings (SSSR count). The third kappa shape index (κ3) is 5.26. The van der Waals surface area contributed by atoms with E-state index in [1.807, 2.05) is 39.6 Å². The standard InChI is InChI=1S/C12H24N2O2/c1-8(2)12(16)10(5)13-11(15)7-14(6)9(3)4/h8-10H,7H2,1-6H3,(H,13,15)/t10-/m0/s1. The van der Waals surface area contributed by atoms with Crippen LogP contribution in [0.2, 0.25) is 0 Å². The highest BCUT2D eigenvalue weighted by molar-refractivity contribution is 5.90. The van der Waals surface area contributed by atoms with Crippen molar-refractivity contribution in [2.45, 2.75) is 46.7 Å². The number of carbonyl (C=O) groups is 2. The van der Waals surface area contributed by atoms with E-state index in [1.165, 1.54) is 0 Å². The molecule has 0 fully saturated rings. The first-order valence-corrected chi connectivity index (χ1v) is 5.79. The number of likely N-dealkylation sites (N-methyl/N-ethyl adjacent to an activating group) is 1. The molecule has 1 N–H and O–H groups in total. The summed E-state index contributed by atoms with van der Waals surface area (Å²) in [5, 5.41) is 2.72. The highest BCUT2D eigenvalue weighted by Gasteiger charge is 2.19. The molecule has 0 aromatic heterocycles. The molecular weight excluding hydrogens is 204 g/mol. The van der Waals surface area contributed by atoms with Crippen molar-refractivity contribution in [1.29, 1.82) is 0 Å². The first kappa shape index (κ1) is 15.1. The maximum Gasteiger partial charge on any atom is 0.234 e. The van der Waals surface area contributed by atoms with Crippen molar-refractivity contribution in [3.63, 3.8) is 0 Å². The minimum absolute atomic E-state index is 0.0434. The maximum atomic E-state index is 11.6. The Labute approximate surface area is 98.4 Å². The summed E-state index contributed by atoms with van der Waals surface area (Å²) in [6.07, 6.45) is 0. The summed E-state index contributed by atoms with van der Waals surface area (Å²) >= 11 is 0. The van der Waals surface area contributed by atoms with E-state index in [0.29, 0.717) is 12.6 Å². The lowest BCUT2D eigenvalue weighted by molar-refractivity contribution is -0.129. The van der Waals surface area contributed by atoms with Crippen LogP contribution in [0.3, 0.4) is 0 Å². The number of hydrogen-bond donors (Lipinski definition) is 1. The second-order valence-electron chi connectivity index (χ2n) is 4.86. The average molecular weight is 228 g/mol. The Morgan fingerprint density at radius 2 is 1.62 bits per heavy atom. The highest BCUT2D eigenvalue weighted by atomic mass is 16.2. The predicted octanol–water partition coefficient (Wildman–Crippen LogP) is 1.06. The Kier molecular flexibility index (Phi) is 6.26. The molecule has 0 heterocycles.